The van der Waals surface area contributed by atoms with E-state index in [2.05, 4.69) is 10.6 Å². The second-order valence-corrected chi connectivity index (χ2v) is 4.10. The number of rotatable bonds is 5. The maximum Gasteiger partial charge on any atom is 0.216 e. The predicted molar refractivity (Wildman–Crippen MR) is 52.4 cm³/mol. The van der Waals surface area contributed by atoms with Gasteiger partial charge in [-0.25, -0.2) is 0 Å². The lowest BCUT2D eigenvalue weighted by molar-refractivity contribution is -0.118. The second-order valence-electron chi connectivity index (χ2n) is 3.03. The van der Waals surface area contributed by atoms with Crippen LogP contribution in [0.25, 0.3) is 0 Å². The van der Waals surface area contributed by atoms with E-state index in [4.69, 9.17) is 0 Å². The van der Waals surface area contributed by atoms with E-state index >= 15 is 0 Å². The van der Waals surface area contributed by atoms with Crippen molar-refractivity contribution in [2.24, 2.45) is 0 Å². The van der Waals surface area contributed by atoms with Crippen molar-refractivity contribution >= 4 is 17.7 Å². The van der Waals surface area contributed by atoms with Gasteiger partial charge >= 0.3 is 0 Å². The van der Waals surface area contributed by atoms with Gasteiger partial charge < -0.3 is 10.6 Å². The van der Waals surface area contributed by atoms with E-state index in [-0.39, 0.29) is 5.91 Å². The zero-order chi connectivity index (χ0) is 8.81. The Morgan fingerprint density at radius 2 is 2.25 bits per heavy atom. The first-order chi connectivity index (χ1) is 5.79. The van der Waals surface area contributed by atoms with Crippen LogP contribution in [-0.2, 0) is 4.79 Å². The molecule has 3 nitrogen and oxygen atoms in total. The highest BCUT2D eigenvalue weighted by Crippen LogP contribution is 2.16. The van der Waals surface area contributed by atoms with Gasteiger partial charge in [-0.15, -0.1) is 0 Å². The number of carbonyl (C=O) groups is 1. The Morgan fingerprint density at radius 3 is 2.75 bits per heavy atom. The normalized spacial score (nSPS) is 17.1. The molecule has 0 spiro atoms. The highest BCUT2D eigenvalue weighted by Gasteiger charge is 2.15. The Labute approximate surface area is 77.7 Å². The van der Waals surface area contributed by atoms with E-state index < -0.39 is 0 Å². The second kappa shape index (κ2) is 5.43. The summed E-state index contributed by atoms with van der Waals surface area (Å²) in [6.07, 6.45) is 1.03. The lowest BCUT2D eigenvalue weighted by atomic mass is 10.3. The fourth-order valence-corrected chi connectivity index (χ4v) is 1.72. The fourth-order valence-electron chi connectivity index (χ4n) is 1.01. The van der Waals surface area contributed by atoms with Crippen LogP contribution < -0.4 is 10.6 Å². The molecule has 0 aromatic heterocycles. The maximum atomic E-state index is 10.5. The highest BCUT2D eigenvalue weighted by atomic mass is 32.2. The molecule has 1 amide bonds. The summed E-state index contributed by atoms with van der Waals surface area (Å²) in [6.45, 7) is 3.36. The van der Waals surface area contributed by atoms with Gasteiger partial charge in [0.2, 0.25) is 5.91 Å². The van der Waals surface area contributed by atoms with Gasteiger partial charge in [0.1, 0.15) is 0 Å². The third-order valence-electron chi connectivity index (χ3n) is 1.80. The topological polar surface area (TPSA) is 41.1 Å². The molecule has 1 fully saturated rings. The van der Waals surface area contributed by atoms with Crippen molar-refractivity contribution in [3.05, 3.63) is 0 Å². The van der Waals surface area contributed by atoms with Crippen LogP contribution >= 0.6 is 11.8 Å². The molecule has 0 saturated carbocycles. The van der Waals surface area contributed by atoms with E-state index in [1.54, 1.807) is 6.92 Å². The number of thioether (sulfide) groups is 1. The Kier molecular flexibility index (Phi) is 4.46. The lowest BCUT2D eigenvalue weighted by Gasteiger charge is -2.25. The average molecular weight is 188 g/mol. The first kappa shape index (κ1) is 9.86. The van der Waals surface area contributed by atoms with E-state index in [9.17, 15) is 4.79 Å². The SMILES string of the molecule is CC(=O)NCCCNC1CSC1. The summed E-state index contributed by atoms with van der Waals surface area (Å²) in [5, 5.41) is 6.19. The molecule has 0 unspecified atom stereocenters. The minimum Gasteiger partial charge on any atom is -0.356 e. The van der Waals surface area contributed by atoms with E-state index in [0.29, 0.717) is 0 Å². The average Bonchev–Trinajstić information content (AvgIpc) is 1.92. The van der Waals surface area contributed by atoms with Crippen molar-refractivity contribution < 1.29 is 4.79 Å². The largest absolute Gasteiger partial charge is 0.356 e. The molecule has 0 aromatic rings. The molecule has 0 aliphatic carbocycles. The molecule has 1 rings (SSSR count). The minimum absolute atomic E-state index is 0.0641. The molecule has 0 radical (unpaired) electrons. The van der Waals surface area contributed by atoms with Gasteiger partial charge in [0.15, 0.2) is 0 Å². The van der Waals surface area contributed by atoms with Crippen LogP contribution in [-0.4, -0.2) is 36.5 Å². The van der Waals surface area contributed by atoms with Gasteiger partial charge in [0.25, 0.3) is 0 Å². The van der Waals surface area contributed by atoms with E-state index in [0.717, 1.165) is 25.6 Å². The summed E-state index contributed by atoms with van der Waals surface area (Å²) in [5.41, 5.74) is 0. The van der Waals surface area contributed by atoms with E-state index in [1.807, 2.05) is 11.8 Å². The number of amides is 1. The van der Waals surface area contributed by atoms with Crippen molar-refractivity contribution in [3.63, 3.8) is 0 Å². The van der Waals surface area contributed by atoms with Gasteiger partial charge in [0.05, 0.1) is 0 Å². The Hall–Kier alpha value is -0.220. The Balaban J connectivity index is 1.79. The van der Waals surface area contributed by atoms with Crippen molar-refractivity contribution in [2.75, 3.05) is 24.6 Å². The molecule has 0 bridgehead atoms. The van der Waals surface area contributed by atoms with E-state index in [1.165, 1.54) is 11.5 Å². The zero-order valence-corrected chi connectivity index (χ0v) is 8.25. The highest BCUT2D eigenvalue weighted by molar-refractivity contribution is 8.00. The summed E-state index contributed by atoms with van der Waals surface area (Å²) in [7, 11) is 0. The molecule has 1 aliphatic heterocycles. The molecule has 1 heterocycles. The molecular weight excluding hydrogens is 172 g/mol. The molecule has 2 N–H and O–H groups in total. The van der Waals surface area contributed by atoms with Crippen molar-refractivity contribution in [1.82, 2.24) is 10.6 Å². The molecule has 0 aromatic carbocycles. The van der Waals surface area contributed by atoms with Crippen LogP contribution in [0.4, 0.5) is 0 Å². The first-order valence-corrected chi connectivity index (χ1v) is 5.50. The number of nitrogens with one attached hydrogen (secondary N) is 2. The summed E-state index contributed by atoms with van der Waals surface area (Å²) in [4.78, 5) is 10.5. The Morgan fingerprint density at radius 1 is 1.50 bits per heavy atom. The first-order valence-electron chi connectivity index (χ1n) is 4.34. The molecule has 0 atom stereocenters. The standard InChI is InChI=1S/C8H16N2OS/c1-7(11)9-3-2-4-10-8-5-12-6-8/h8,10H,2-6H2,1H3,(H,9,11). The van der Waals surface area contributed by atoms with Crippen LogP contribution in [0.15, 0.2) is 0 Å². The zero-order valence-electron chi connectivity index (χ0n) is 7.43. The van der Waals surface area contributed by atoms with Gasteiger partial charge in [0, 0.05) is 31.0 Å². The van der Waals surface area contributed by atoms with Crippen LogP contribution in [0.3, 0.4) is 0 Å². The van der Waals surface area contributed by atoms with Gasteiger partial charge in [-0.3, -0.25) is 4.79 Å². The smallest absolute Gasteiger partial charge is 0.216 e. The van der Waals surface area contributed by atoms with Crippen molar-refractivity contribution in [2.45, 2.75) is 19.4 Å². The molecule has 1 aliphatic rings. The summed E-state index contributed by atoms with van der Waals surface area (Å²) >= 11 is 1.98. The van der Waals surface area contributed by atoms with Gasteiger partial charge in [-0.1, -0.05) is 0 Å². The number of carbonyl (C=O) groups excluding carboxylic acids is 1. The maximum absolute atomic E-state index is 10.5. The molecule has 4 heteroatoms. The summed E-state index contributed by atoms with van der Waals surface area (Å²) in [6, 6.07) is 0.729. The number of hydrogen-bond donors (Lipinski definition) is 2. The molecule has 12 heavy (non-hydrogen) atoms. The molecule has 70 valence electrons. The van der Waals surface area contributed by atoms with Crippen LogP contribution in [0.2, 0.25) is 0 Å². The molecular formula is C8H16N2OS. The summed E-state index contributed by atoms with van der Waals surface area (Å²) in [5.74, 6) is 2.56. The third-order valence-corrected chi connectivity index (χ3v) is 3.07. The quantitative estimate of drug-likeness (QED) is 0.606. The van der Waals surface area contributed by atoms with Crippen LogP contribution in [0.1, 0.15) is 13.3 Å². The van der Waals surface area contributed by atoms with Crippen molar-refractivity contribution in [3.8, 4) is 0 Å². The van der Waals surface area contributed by atoms with Crippen LogP contribution in [0.5, 0.6) is 0 Å². The van der Waals surface area contributed by atoms with Crippen LogP contribution in [0, 0.1) is 0 Å². The number of hydrogen-bond acceptors (Lipinski definition) is 3. The summed E-state index contributed by atoms with van der Waals surface area (Å²) < 4.78 is 0. The third kappa shape index (κ3) is 3.97. The predicted octanol–water partition coefficient (Wildman–Crippen LogP) is 0.218. The minimum atomic E-state index is 0.0641. The van der Waals surface area contributed by atoms with Gasteiger partial charge in [-0.2, -0.15) is 11.8 Å². The monoisotopic (exact) mass is 188 g/mol. The lowest BCUT2D eigenvalue weighted by Crippen LogP contribution is -2.41. The molecule has 1 saturated heterocycles. The Bertz CT molecular complexity index is 148. The van der Waals surface area contributed by atoms with Crippen molar-refractivity contribution in [1.29, 1.82) is 0 Å². The fraction of sp³-hybridized carbons (Fsp3) is 0.875. The van der Waals surface area contributed by atoms with Gasteiger partial charge in [-0.05, 0) is 13.0 Å².